The maximum Gasteiger partial charge on any atom is 0.228 e. The number of nitrogens with zero attached hydrogens (tertiary/aromatic N) is 1. The van der Waals surface area contributed by atoms with Crippen molar-refractivity contribution in [3.63, 3.8) is 0 Å². The lowest BCUT2D eigenvalue weighted by Crippen LogP contribution is -2.37. The summed E-state index contributed by atoms with van der Waals surface area (Å²) in [5.41, 5.74) is 0.583. The summed E-state index contributed by atoms with van der Waals surface area (Å²) in [5.74, 6) is 0.519. The SMILES string of the molecule is O=C(C1CCOC1)N1CCCC2(CCCCC2)CC1. The maximum absolute atomic E-state index is 12.5. The van der Waals surface area contributed by atoms with Crippen LogP contribution in [0, 0.1) is 11.3 Å². The highest BCUT2D eigenvalue weighted by Gasteiger charge is 2.36. The normalized spacial score (nSPS) is 31.4. The number of rotatable bonds is 1. The van der Waals surface area contributed by atoms with Crippen LogP contribution in [0.25, 0.3) is 0 Å². The molecule has 2 saturated heterocycles. The Bertz CT molecular complexity index is 317. The van der Waals surface area contributed by atoms with Crippen molar-refractivity contribution in [1.29, 1.82) is 0 Å². The summed E-state index contributed by atoms with van der Waals surface area (Å²) < 4.78 is 5.36. The molecule has 108 valence electrons. The van der Waals surface area contributed by atoms with Crippen LogP contribution in [0.1, 0.15) is 57.8 Å². The van der Waals surface area contributed by atoms with E-state index >= 15 is 0 Å². The van der Waals surface area contributed by atoms with Crippen molar-refractivity contribution in [3.8, 4) is 0 Å². The number of amides is 1. The van der Waals surface area contributed by atoms with E-state index in [0.717, 1.165) is 26.1 Å². The topological polar surface area (TPSA) is 29.5 Å². The predicted molar refractivity (Wildman–Crippen MR) is 74.9 cm³/mol. The van der Waals surface area contributed by atoms with Crippen LogP contribution in [0.5, 0.6) is 0 Å². The average molecular weight is 265 g/mol. The van der Waals surface area contributed by atoms with Gasteiger partial charge in [-0.3, -0.25) is 4.79 Å². The fourth-order valence-electron chi connectivity index (χ4n) is 4.26. The summed E-state index contributed by atoms with van der Waals surface area (Å²) in [4.78, 5) is 14.6. The van der Waals surface area contributed by atoms with E-state index in [-0.39, 0.29) is 5.92 Å². The Morgan fingerprint density at radius 1 is 1.00 bits per heavy atom. The third-order valence-electron chi connectivity index (χ3n) is 5.55. The molecule has 0 aromatic carbocycles. The second-order valence-electron chi connectivity index (χ2n) is 6.80. The van der Waals surface area contributed by atoms with Gasteiger partial charge in [-0.25, -0.2) is 0 Å². The minimum Gasteiger partial charge on any atom is -0.381 e. The van der Waals surface area contributed by atoms with E-state index in [2.05, 4.69) is 4.90 Å². The molecular weight excluding hydrogens is 238 g/mol. The van der Waals surface area contributed by atoms with Crippen molar-refractivity contribution in [3.05, 3.63) is 0 Å². The molecule has 0 bridgehead atoms. The molecule has 3 fully saturated rings. The van der Waals surface area contributed by atoms with Crippen LogP contribution in [-0.4, -0.2) is 37.1 Å². The van der Waals surface area contributed by atoms with Gasteiger partial charge >= 0.3 is 0 Å². The molecule has 1 saturated carbocycles. The van der Waals surface area contributed by atoms with E-state index in [1.54, 1.807) is 0 Å². The highest BCUT2D eigenvalue weighted by Crippen LogP contribution is 2.44. The lowest BCUT2D eigenvalue weighted by atomic mass is 9.69. The average Bonchev–Trinajstić information content (AvgIpc) is 2.90. The van der Waals surface area contributed by atoms with Gasteiger partial charge in [0.2, 0.25) is 5.91 Å². The van der Waals surface area contributed by atoms with Crippen molar-refractivity contribution < 1.29 is 9.53 Å². The van der Waals surface area contributed by atoms with Gasteiger partial charge in [-0.2, -0.15) is 0 Å². The van der Waals surface area contributed by atoms with Crippen molar-refractivity contribution in [2.24, 2.45) is 11.3 Å². The molecule has 0 radical (unpaired) electrons. The zero-order valence-corrected chi connectivity index (χ0v) is 12.0. The molecule has 0 aromatic heterocycles. The van der Waals surface area contributed by atoms with Gasteiger partial charge in [0.05, 0.1) is 12.5 Å². The van der Waals surface area contributed by atoms with E-state index in [1.807, 2.05) is 0 Å². The van der Waals surface area contributed by atoms with Crippen molar-refractivity contribution >= 4 is 5.91 Å². The largest absolute Gasteiger partial charge is 0.381 e. The summed E-state index contributed by atoms with van der Waals surface area (Å²) in [6.45, 7) is 3.40. The van der Waals surface area contributed by atoms with Crippen LogP contribution in [0.2, 0.25) is 0 Å². The molecule has 3 heteroatoms. The van der Waals surface area contributed by atoms with Crippen molar-refractivity contribution in [2.45, 2.75) is 57.8 Å². The van der Waals surface area contributed by atoms with Crippen LogP contribution in [0.4, 0.5) is 0 Å². The second-order valence-corrected chi connectivity index (χ2v) is 6.80. The molecule has 0 N–H and O–H groups in total. The van der Waals surface area contributed by atoms with Crippen LogP contribution in [-0.2, 0) is 9.53 Å². The molecule has 1 atom stereocenters. The van der Waals surface area contributed by atoms with Gasteiger partial charge in [0.15, 0.2) is 0 Å². The molecule has 2 aliphatic heterocycles. The van der Waals surface area contributed by atoms with E-state index in [4.69, 9.17) is 4.74 Å². The molecule has 3 nitrogen and oxygen atoms in total. The number of carbonyl (C=O) groups is 1. The lowest BCUT2D eigenvalue weighted by Gasteiger charge is -2.36. The highest BCUT2D eigenvalue weighted by atomic mass is 16.5. The summed E-state index contributed by atoms with van der Waals surface area (Å²) in [7, 11) is 0. The molecule has 1 aliphatic carbocycles. The number of ether oxygens (including phenoxy) is 1. The molecule has 1 unspecified atom stereocenters. The number of hydrogen-bond donors (Lipinski definition) is 0. The first-order valence-electron chi connectivity index (χ1n) is 8.16. The van der Waals surface area contributed by atoms with E-state index in [1.165, 1.54) is 51.4 Å². The smallest absolute Gasteiger partial charge is 0.228 e. The molecule has 2 heterocycles. The van der Waals surface area contributed by atoms with Crippen LogP contribution in [0.3, 0.4) is 0 Å². The van der Waals surface area contributed by atoms with Gasteiger partial charge < -0.3 is 9.64 Å². The molecule has 1 amide bonds. The molecule has 1 spiro atoms. The van der Waals surface area contributed by atoms with Gasteiger partial charge in [0, 0.05) is 19.7 Å². The van der Waals surface area contributed by atoms with E-state index in [0.29, 0.717) is 17.9 Å². The summed E-state index contributed by atoms with van der Waals surface area (Å²) in [5, 5.41) is 0. The standard InChI is InChI=1S/C16H27NO2/c18-15(14-5-12-19-13-14)17-10-4-8-16(9-11-17)6-2-1-3-7-16/h14H,1-13H2. The molecule has 3 rings (SSSR count). The van der Waals surface area contributed by atoms with Crippen LogP contribution in [0.15, 0.2) is 0 Å². The van der Waals surface area contributed by atoms with Crippen molar-refractivity contribution in [1.82, 2.24) is 4.90 Å². The third-order valence-corrected chi connectivity index (χ3v) is 5.55. The Morgan fingerprint density at radius 2 is 1.79 bits per heavy atom. The Balaban J connectivity index is 1.58. The summed E-state index contributed by atoms with van der Waals surface area (Å²) >= 11 is 0. The summed E-state index contributed by atoms with van der Waals surface area (Å²) in [6.07, 6.45) is 11.8. The Kier molecular flexibility index (Phi) is 4.11. The Hall–Kier alpha value is -0.570. The molecule has 19 heavy (non-hydrogen) atoms. The Labute approximate surface area is 116 Å². The Morgan fingerprint density at radius 3 is 2.53 bits per heavy atom. The first-order chi connectivity index (χ1) is 9.29. The molecule has 3 aliphatic rings. The van der Waals surface area contributed by atoms with Gasteiger partial charge in [0.25, 0.3) is 0 Å². The summed E-state index contributed by atoms with van der Waals surface area (Å²) in [6, 6.07) is 0. The van der Waals surface area contributed by atoms with E-state index < -0.39 is 0 Å². The fraction of sp³-hybridized carbons (Fsp3) is 0.938. The third kappa shape index (κ3) is 2.96. The number of likely N-dealkylation sites (tertiary alicyclic amines) is 1. The number of carbonyl (C=O) groups excluding carboxylic acids is 1. The van der Waals surface area contributed by atoms with Crippen LogP contribution >= 0.6 is 0 Å². The second kappa shape index (κ2) is 5.82. The van der Waals surface area contributed by atoms with Crippen LogP contribution < -0.4 is 0 Å². The molecular formula is C16H27NO2. The van der Waals surface area contributed by atoms with Crippen molar-refractivity contribution in [2.75, 3.05) is 26.3 Å². The highest BCUT2D eigenvalue weighted by molar-refractivity contribution is 5.79. The monoisotopic (exact) mass is 265 g/mol. The number of hydrogen-bond acceptors (Lipinski definition) is 2. The van der Waals surface area contributed by atoms with E-state index in [9.17, 15) is 4.79 Å². The maximum atomic E-state index is 12.5. The lowest BCUT2D eigenvalue weighted by molar-refractivity contribution is -0.135. The minimum absolute atomic E-state index is 0.153. The van der Waals surface area contributed by atoms with Gasteiger partial charge in [0.1, 0.15) is 0 Å². The zero-order valence-electron chi connectivity index (χ0n) is 12.0. The molecule has 0 aromatic rings. The first kappa shape index (κ1) is 13.4. The predicted octanol–water partition coefficient (Wildman–Crippen LogP) is 2.99. The fourth-order valence-corrected chi connectivity index (χ4v) is 4.26. The minimum atomic E-state index is 0.153. The van der Waals surface area contributed by atoms with Gasteiger partial charge in [-0.1, -0.05) is 19.3 Å². The quantitative estimate of drug-likeness (QED) is 0.729. The zero-order chi connectivity index (χ0) is 13.1. The van der Waals surface area contributed by atoms with Gasteiger partial charge in [-0.05, 0) is 43.9 Å². The first-order valence-corrected chi connectivity index (χ1v) is 8.16. The van der Waals surface area contributed by atoms with Gasteiger partial charge in [-0.15, -0.1) is 0 Å².